The van der Waals surface area contributed by atoms with E-state index in [1.54, 1.807) is 24.3 Å². The van der Waals surface area contributed by atoms with E-state index in [0.717, 1.165) is 5.57 Å². The fourth-order valence-corrected chi connectivity index (χ4v) is 1.22. The van der Waals surface area contributed by atoms with Gasteiger partial charge in [0, 0.05) is 11.8 Å². The highest BCUT2D eigenvalue weighted by Crippen LogP contribution is 2.05. The predicted octanol–water partition coefficient (Wildman–Crippen LogP) is 4.60. The Morgan fingerprint density at radius 2 is 1.75 bits per heavy atom. The average molecular weight is 348 g/mol. The first kappa shape index (κ1) is 23.5. The molecule has 0 aromatic heterocycles. The van der Waals surface area contributed by atoms with Crippen LogP contribution in [-0.2, 0) is 0 Å². The molecular weight excluding hydrogens is 326 g/mol. The van der Waals surface area contributed by atoms with Crippen LogP contribution in [0.1, 0.15) is 41.5 Å². The van der Waals surface area contributed by atoms with E-state index < -0.39 is 5.97 Å². The number of carboxylic acid groups (broad SMARTS) is 1. The summed E-state index contributed by atoms with van der Waals surface area (Å²) in [4.78, 5) is 22.5. The molecule has 0 aliphatic rings. The molecule has 0 atom stereocenters. The summed E-state index contributed by atoms with van der Waals surface area (Å²) in [5.74, 6) is -1.39. The number of benzene rings is 1. The van der Waals surface area contributed by atoms with E-state index in [1.807, 2.05) is 26.8 Å². The molecule has 0 aliphatic heterocycles. The molecule has 24 heavy (non-hydrogen) atoms. The molecule has 0 aliphatic carbocycles. The van der Waals surface area contributed by atoms with E-state index >= 15 is 0 Å². The Morgan fingerprint density at radius 3 is 2.21 bits per heavy atom. The molecule has 0 spiro atoms. The van der Waals surface area contributed by atoms with Gasteiger partial charge in [0.1, 0.15) is 0 Å². The van der Waals surface area contributed by atoms with Crippen molar-refractivity contribution in [3.05, 3.63) is 70.9 Å². The van der Waals surface area contributed by atoms with Gasteiger partial charge in [0.05, 0.1) is 5.56 Å². The van der Waals surface area contributed by atoms with Crippen molar-refractivity contribution in [1.29, 1.82) is 0 Å². The predicted molar refractivity (Wildman–Crippen MR) is 100.0 cm³/mol. The zero-order valence-electron chi connectivity index (χ0n) is 14.0. The van der Waals surface area contributed by atoms with Gasteiger partial charge in [-0.05, 0) is 50.6 Å². The highest BCUT2D eigenvalue weighted by molar-refractivity contribution is 6.25. The standard InChI is InChI=1S/C14H15NO3.C3H5Cl.C2H2/c1-3-10(2)7-8-15-13(16)11-5-4-6-12(9-11)14(17)18;1-2-3-4;1-2/h3-9H,1-2H3,(H,15,16)(H,17,18);2-3H,1H3;1-2H/b8-7+,10-3+;3-2+;. The van der Waals surface area contributed by atoms with Gasteiger partial charge in [-0.3, -0.25) is 4.79 Å². The lowest BCUT2D eigenvalue weighted by Crippen LogP contribution is -2.17. The minimum absolute atomic E-state index is 0.0938. The second kappa shape index (κ2) is 15.1. The SMILES string of the molecule is C#C.C/C=C(C)/C=C/NC(=O)c1cccc(C(=O)O)c1.C/C=C/Cl. The molecule has 128 valence electrons. The lowest BCUT2D eigenvalue weighted by molar-refractivity contribution is 0.0697. The van der Waals surface area contributed by atoms with Gasteiger partial charge in [0.15, 0.2) is 0 Å². The minimum atomic E-state index is -1.05. The first-order chi connectivity index (χ1) is 11.5. The van der Waals surface area contributed by atoms with Crippen LogP contribution in [-0.4, -0.2) is 17.0 Å². The molecule has 1 amide bonds. The maximum atomic E-state index is 11.7. The summed E-state index contributed by atoms with van der Waals surface area (Å²) in [6, 6.07) is 5.89. The third kappa shape index (κ3) is 10.9. The van der Waals surface area contributed by atoms with Crippen molar-refractivity contribution in [1.82, 2.24) is 5.32 Å². The Balaban J connectivity index is 0. The third-order valence-electron chi connectivity index (χ3n) is 2.51. The van der Waals surface area contributed by atoms with Crippen molar-refractivity contribution >= 4 is 23.5 Å². The fourth-order valence-electron chi connectivity index (χ4n) is 1.22. The molecule has 5 heteroatoms. The Bertz CT molecular complexity index is 624. The lowest BCUT2D eigenvalue weighted by Gasteiger charge is -2.01. The van der Waals surface area contributed by atoms with Crippen molar-refractivity contribution in [3.63, 3.8) is 0 Å². The number of hydrogen-bond acceptors (Lipinski definition) is 2. The largest absolute Gasteiger partial charge is 0.478 e. The number of nitrogens with one attached hydrogen (secondary N) is 1. The van der Waals surface area contributed by atoms with Gasteiger partial charge in [0.2, 0.25) is 0 Å². The van der Waals surface area contributed by atoms with Crippen LogP contribution in [0.25, 0.3) is 0 Å². The van der Waals surface area contributed by atoms with Crippen molar-refractivity contribution < 1.29 is 14.7 Å². The van der Waals surface area contributed by atoms with E-state index in [0.29, 0.717) is 5.56 Å². The number of allylic oxidation sites excluding steroid dienone is 4. The molecule has 0 saturated carbocycles. The van der Waals surface area contributed by atoms with Crippen LogP contribution in [0, 0.1) is 12.8 Å². The van der Waals surface area contributed by atoms with Crippen LogP contribution >= 0.6 is 11.6 Å². The molecule has 1 aromatic rings. The molecule has 4 nitrogen and oxygen atoms in total. The number of amides is 1. The molecule has 0 unspecified atom stereocenters. The van der Waals surface area contributed by atoms with Gasteiger partial charge in [-0.25, -0.2) is 4.79 Å². The van der Waals surface area contributed by atoms with Crippen LogP contribution in [0.3, 0.4) is 0 Å². The van der Waals surface area contributed by atoms with Crippen molar-refractivity contribution in [2.24, 2.45) is 0 Å². The van der Waals surface area contributed by atoms with Crippen molar-refractivity contribution in [2.45, 2.75) is 20.8 Å². The highest BCUT2D eigenvalue weighted by atomic mass is 35.5. The maximum Gasteiger partial charge on any atom is 0.335 e. The second-order valence-corrected chi connectivity index (χ2v) is 4.44. The minimum Gasteiger partial charge on any atom is -0.478 e. The number of halogens is 1. The van der Waals surface area contributed by atoms with Gasteiger partial charge < -0.3 is 10.4 Å². The number of aromatic carboxylic acids is 1. The molecular formula is C19H22ClNO3. The smallest absolute Gasteiger partial charge is 0.335 e. The quantitative estimate of drug-likeness (QED) is 0.617. The summed E-state index contributed by atoms with van der Waals surface area (Å²) in [6.45, 7) is 5.68. The number of carbonyl (C=O) groups is 2. The van der Waals surface area contributed by atoms with Gasteiger partial charge in [-0.2, -0.15) is 0 Å². The Hall–Kier alpha value is -2.77. The number of carboxylic acids is 1. The van der Waals surface area contributed by atoms with Gasteiger partial charge in [-0.15, -0.1) is 12.8 Å². The summed E-state index contributed by atoms with van der Waals surface area (Å²) in [5, 5.41) is 11.4. The zero-order chi connectivity index (χ0) is 19.0. The molecule has 0 saturated heterocycles. The molecule has 0 heterocycles. The molecule has 1 aromatic carbocycles. The average Bonchev–Trinajstić information content (AvgIpc) is 2.63. The second-order valence-electron chi connectivity index (χ2n) is 4.18. The first-order valence-electron chi connectivity index (χ1n) is 6.94. The Morgan fingerprint density at radius 1 is 1.21 bits per heavy atom. The van der Waals surface area contributed by atoms with Crippen LogP contribution in [0.2, 0.25) is 0 Å². The highest BCUT2D eigenvalue weighted by Gasteiger charge is 2.07. The maximum absolute atomic E-state index is 11.7. The van der Waals surface area contributed by atoms with Crippen LogP contribution in [0.5, 0.6) is 0 Å². The van der Waals surface area contributed by atoms with E-state index in [-0.39, 0.29) is 11.5 Å². The summed E-state index contributed by atoms with van der Waals surface area (Å²) >= 11 is 5.01. The third-order valence-corrected chi connectivity index (χ3v) is 2.77. The first-order valence-corrected chi connectivity index (χ1v) is 7.38. The monoisotopic (exact) mass is 347 g/mol. The van der Waals surface area contributed by atoms with Crippen molar-refractivity contribution in [3.8, 4) is 12.8 Å². The normalized spacial score (nSPS) is 10.3. The number of carbonyl (C=O) groups excluding carboxylic acids is 1. The van der Waals surface area contributed by atoms with Gasteiger partial charge in [-0.1, -0.05) is 35.4 Å². The van der Waals surface area contributed by atoms with Gasteiger partial charge >= 0.3 is 5.97 Å². The van der Waals surface area contributed by atoms with E-state index in [1.165, 1.54) is 23.9 Å². The molecule has 2 N–H and O–H groups in total. The van der Waals surface area contributed by atoms with E-state index in [9.17, 15) is 9.59 Å². The topological polar surface area (TPSA) is 66.4 Å². The zero-order valence-corrected chi connectivity index (χ0v) is 14.7. The summed E-state index contributed by atoms with van der Waals surface area (Å²) in [7, 11) is 0. The molecule has 0 bridgehead atoms. The van der Waals surface area contributed by atoms with E-state index in [4.69, 9.17) is 16.7 Å². The van der Waals surface area contributed by atoms with Crippen LogP contribution < -0.4 is 5.32 Å². The van der Waals surface area contributed by atoms with E-state index in [2.05, 4.69) is 18.2 Å². The lowest BCUT2D eigenvalue weighted by atomic mass is 10.1. The summed E-state index contributed by atoms with van der Waals surface area (Å²) in [6.07, 6.45) is 15.0. The summed E-state index contributed by atoms with van der Waals surface area (Å²) < 4.78 is 0. The number of hydrogen-bond donors (Lipinski definition) is 2. The number of terminal acetylenes is 1. The fraction of sp³-hybridized carbons (Fsp3) is 0.158. The van der Waals surface area contributed by atoms with Crippen molar-refractivity contribution in [2.75, 3.05) is 0 Å². The van der Waals surface area contributed by atoms with Gasteiger partial charge in [0.25, 0.3) is 5.91 Å². The number of rotatable bonds is 4. The van der Waals surface area contributed by atoms with Crippen LogP contribution in [0.4, 0.5) is 0 Å². The van der Waals surface area contributed by atoms with Crippen LogP contribution in [0.15, 0.2) is 59.8 Å². The molecule has 0 fully saturated rings. The molecule has 0 radical (unpaired) electrons. The molecule has 1 rings (SSSR count). The summed E-state index contributed by atoms with van der Waals surface area (Å²) in [5.41, 5.74) is 2.91. The Kier molecular flexibility index (Phi) is 14.8. The Labute approximate surface area is 148 Å².